The molecule has 1 aromatic rings. The third kappa shape index (κ3) is 3.67. The molecule has 3 rings (SSSR count). The van der Waals surface area contributed by atoms with E-state index >= 15 is 0 Å². The SMILES string of the molecule is CC1(C)CC(NC(=O)CC2CCC2)c2cc(N)ccc2O1.Cl. The number of ether oxygens (including phenoxy) is 1. The van der Waals surface area contributed by atoms with Crippen molar-refractivity contribution in [1.82, 2.24) is 5.32 Å². The molecule has 2 aliphatic rings. The Bertz CT molecular complexity index is 556. The number of hydrogen-bond acceptors (Lipinski definition) is 3. The maximum absolute atomic E-state index is 12.2. The average molecular weight is 325 g/mol. The van der Waals surface area contributed by atoms with Crippen LogP contribution in [0.15, 0.2) is 18.2 Å². The molecule has 1 amide bonds. The highest BCUT2D eigenvalue weighted by molar-refractivity contribution is 5.85. The first kappa shape index (κ1) is 16.9. The number of carbonyl (C=O) groups is 1. The van der Waals surface area contributed by atoms with Crippen molar-refractivity contribution in [1.29, 1.82) is 0 Å². The molecular formula is C17H25ClN2O2. The number of anilines is 1. The number of nitrogens with one attached hydrogen (secondary N) is 1. The smallest absolute Gasteiger partial charge is 0.220 e. The lowest BCUT2D eigenvalue weighted by Crippen LogP contribution is -2.41. The zero-order valence-corrected chi connectivity index (χ0v) is 14.0. The van der Waals surface area contributed by atoms with Gasteiger partial charge in [0.1, 0.15) is 11.4 Å². The van der Waals surface area contributed by atoms with Crippen LogP contribution in [0, 0.1) is 5.92 Å². The predicted octanol–water partition coefficient (Wildman–Crippen LogP) is 3.60. The third-order valence-electron chi connectivity index (χ3n) is 4.53. The first-order chi connectivity index (χ1) is 9.93. The van der Waals surface area contributed by atoms with Gasteiger partial charge in [0.15, 0.2) is 0 Å². The van der Waals surface area contributed by atoms with Crippen molar-refractivity contribution < 1.29 is 9.53 Å². The predicted molar refractivity (Wildman–Crippen MR) is 90.3 cm³/mol. The number of benzene rings is 1. The number of carbonyl (C=O) groups excluding carboxylic acids is 1. The molecule has 0 radical (unpaired) electrons. The monoisotopic (exact) mass is 324 g/mol. The van der Waals surface area contributed by atoms with E-state index in [1.165, 1.54) is 19.3 Å². The van der Waals surface area contributed by atoms with E-state index in [1.54, 1.807) is 0 Å². The Kier molecular flexibility index (Phi) is 4.90. The Morgan fingerprint density at radius 2 is 2.14 bits per heavy atom. The van der Waals surface area contributed by atoms with Crippen LogP contribution in [-0.2, 0) is 4.79 Å². The topological polar surface area (TPSA) is 64.4 Å². The van der Waals surface area contributed by atoms with Crippen LogP contribution in [0.25, 0.3) is 0 Å². The highest BCUT2D eigenvalue weighted by atomic mass is 35.5. The molecule has 4 nitrogen and oxygen atoms in total. The summed E-state index contributed by atoms with van der Waals surface area (Å²) in [7, 11) is 0. The van der Waals surface area contributed by atoms with Gasteiger partial charge in [-0.2, -0.15) is 0 Å². The minimum absolute atomic E-state index is 0. The number of halogens is 1. The van der Waals surface area contributed by atoms with Crippen molar-refractivity contribution in [2.75, 3.05) is 5.73 Å². The van der Waals surface area contributed by atoms with Crippen molar-refractivity contribution in [2.24, 2.45) is 5.92 Å². The molecule has 1 fully saturated rings. The molecule has 5 heteroatoms. The van der Waals surface area contributed by atoms with Crippen LogP contribution in [0.3, 0.4) is 0 Å². The first-order valence-corrected chi connectivity index (χ1v) is 7.81. The van der Waals surface area contributed by atoms with E-state index in [-0.39, 0.29) is 30.0 Å². The molecule has 1 atom stereocenters. The van der Waals surface area contributed by atoms with E-state index < -0.39 is 0 Å². The molecule has 122 valence electrons. The molecule has 1 unspecified atom stereocenters. The highest BCUT2D eigenvalue weighted by Gasteiger charge is 2.35. The van der Waals surface area contributed by atoms with Crippen LogP contribution in [0.4, 0.5) is 5.69 Å². The molecule has 1 saturated carbocycles. The summed E-state index contributed by atoms with van der Waals surface area (Å²) in [5.41, 5.74) is 7.31. The molecule has 0 aromatic heterocycles. The van der Waals surface area contributed by atoms with E-state index in [1.807, 2.05) is 18.2 Å². The second kappa shape index (κ2) is 6.37. The summed E-state index contributed by atoms with van der Waals surface area (Å²) in [6, 6.07) is 5.64. The third-order valence-corrected chi connectivity index (χ3v) is 4.53. The fraction of sp³-hybridized carbons (Fsp3) is 0.588. The van der Waals surface area contributed by atoms with Crippen LogP contribution >= 0.6 is 12.4 Å². The molecule has 22 heavy (non-hydrogen) atoms. The molecule has 0 bridgehead atoms. The Morgan fingerprint density at radius 1 is 1.41 bits per heavy atom. The van der Waals surface area contributed by atoms with Gasteiger partial charge in [0.05, 0.1) is 6.04 Å². The van der Waals surface area contributed by atoms with E-state index in [0.29, 0.717) is 18.0 Å². The van der Waals surface area contributed by atoms with E-state index in [9.17, 15) is 4.79 Å². The van der Waals surface area contributed by atoms with E-state index in [4.69, 9.17) is 10.5 Å². The van der Waals surface area contributed by atoms with E-state index in [2.05, 4.69) is 19.2 Å². The number of nitrogen functional groups attached to an aromatic ring is 1. The zero-order chi connectivity index (χ0) is 15.0. The number of hydrogen-bond donors (Lipinski definition) is 2. The molecule has 1 aliphatic heterocycles. The summed E-state index contributed by atoms with van der Waals surface area (Å²) >= 11 is 0. The summed E-state index contributed by atoms with van der Waals surface area (Å²) in [4.78, 5) is 12.2. The van der Waals surface area contributed by atoms with Crippen LogP contribution in [0.5, 0.6) is 5.75 Å². The number of amides is 1. The summed E-state index contributed by atoms with van der Waals surface area (Å²) in [5, 5.41) is 3.18. The fourth-order valence-electron chi connectivity index (χ4n) is 3.21. The largest absolute Gasteiger partial charge is 0.487 e. The minimum Gasteiger partial charge on any atom is -0.487 e. The van der Waals surface area contributed by atoms with Gasteiger partial charge in [-0.25, -0.2) is 0 Å². The minimum atomic E-state index is -0.280. The summed E-state index contributed by atoms with van der Waals surface area (Å²) in [6.45, 7) is 4.11. The number of rotatable bonds is 3. The lowest BCUT2D eigenvalue weighted by Gasteiger charge is -2.38. The lowest BCUT2D eigenvalue weighted by atomic mass is 9.82. The number of fused-ring (bicyclic) bond motifs is 1. The molecule has 0 spiro atoms. The average Bonchev–Trinajstić information content (AvgIpc) is 2.34. The second-order valence-electron chi connectivity index (χ2n) is 6.98. The summed E-state index contributed by atoms with van der Waals surface area (Å²) in [5.74, 6) is 1.56. The summed E-state index contributed by atoms with van der Waals surface area (Å²) in [6.07, 6.45) is 5.06. The Hall–Kier alpha value is -1.42. The highest BCUT2D eigenvalue weighted by Crippen LogP contribution is 2.40. The van der Waals surface area contributed by atoms with Crippen molar-refractivity contribution in [3.8, 4) is 5.75 Å². The molecule has 1 heterocycles. The van der Waals surface area contributed by atoms with Crippen molar-refractivity contribution in [2.45, 2.75) is 57.6 Å². The molecular weight excluding hydrogens is 300 g/mol. The van der Waals surface area contributed by atoms with Crippen molar-refractivity contribution in [3.63, 3.8) is 0 Å². The molecule has 3 N–H and O–H groups in total. The Labute approximate surface area is 138 Å². The normalized spacial score (nSPS) is 22.5. The van der Waals surface area contributed by atoms with Crippen LogP contribution in [-0.4, -0.2) is 11.5 Å². The molecule has 0 saturated heterocycles. The van der Waals surface area contributed by atoms with Gasteiger partial charge in [0.2, 0.25) is 5.91 Å². The fourth-order valence-corrected chi connectivity index (χ4v) is 3.21. The Morgan fingerprint density at radius 3 is 2.77 bits per heavy atom. The van der Waals surface area contributed by atoms with Gasteiger partial charge in [-0.05, 0) is 50.8 Å². The Balaban J connectivity index is 0.00000176. The molecule has 1 aliphatic carbocycles. The van der Waals surface area contributed by atoms with Gasteiger partial charge in [-0.3, -0.25) is 4.79 Å². The summed E-state index contributed by atoms with van der Waals surface area (Å²) < 4.78 is 5.99. The zero-order valence-electron chi connectivity index (χ0n) is 13.2. The first-order valence-electron chi connectivity index (χ1n) is 7.81. The molecule has 1 aromatic carbocycles. The van der Waals surface area contributed by atoms with Gasteiger partial charge in [-0.1, -0.05) is 6.42 Å². The van der Waals surface area contributed by atoms with Gasteiger partial charge >= 0.3 is 0 Å². The van der Waals surface area contributed by atoms with Gasteiger partial charge in [0, 0.05) is 24.1 Å². The maximum atomic E-state index is 12.2. The maximum Gasteiger partial charge on any atom is 0.220 e. The van der Waals surface area contributed by atoms with Crippen molar-refractivity contribution in [3.05, 3.63) is 23.8 Å². The standard InChI is InChI=1S/C17H24N2O2.ClH/c1-17(2)10-14(19-16(20)8-11-4-3-5-11)13-9-12(18)6-7-15(13)21-17;/h6-7,9,11,14H,3-5,8,10,18H2,1-2H3,(H,19,20);1H. The quantitative estimate of drug-likeness (QED) is 0.835. The van der Waals surface area contributed by atoms with E-state index in [0.717, 1.165) is 17.7 Å². The van der Waals surface area contributed by atoms with Gasteiger partial charge in [-0.15, -0.1) is 12.4 Å². The van der Waals surface area contributed by atoms with Gasteiger partial charge in [0.25, 0.3) is 0 Å². The number of nitrogens with two attached hydrogens (primary N) is 1. The lowest BCUT2D eigenvalue weighted by molar-refractivity contribution is -0.123. The second-order valence-corrected chi connectivity index (χ2v) is 6.98. The van der Waals surface area contributed by atoms with Crippen LogP contribution in [0.1, 0.15) is 57.6 Å². The van der Waals surface area contributed by atoms with Gasteiger partial charge < -0.3 is 15.8 Å². The van der Waals surface area contributed by atoms with Crippen LogP contribution < -0.4 is 15.8 Å². The van der Waals surface area contributed by atoms with Crippen molar-refractivity contribution >= 4 is 24.0 Å². The van der Waals surface area contributed by atoms with Crippen LogP contribution in [0.2, 0.25) is 0 Å².